The largest absolute Gasteiger partial charge is 0.481 e. The van der Waals surface area contributed by atoms with Gasteiger partial charge >= 0.3 is 5.97 Å². The minimum absolute atomic E-state index is 0.337. The number of carbonyl (C=O) groups excluding carboxylic acids is 2. The molecule has 96 valence electrons. The van der Waals surface area contributed by atoms with Crippen LogP contribution in [0, 0.1) is 5.92 Å². The molecule has 1 atom stereocenters. The quantitative estimate of drug-likeness (QED) is 0.533. The minimum Gasteiger partial charge on any atom is -0.481 e. The highest BCUT2D eigenvalue weighted by atomic mass is 16.4. The Morgan fingerprint density at radius 2 is 1.94 bits per heavy atom. The standard InChI is InChI=1S/C11H17NO5/c1-4-9(15)12-11(2,3)8(14)5-7(6-13)10(16)17/h4,7,13H,1,5-6H2,2-3H3,(H,12,15)(H,16,17). The Morgan fingerprint density at radius 3 is 2.29 bits per heavy atom. The number of aliphatic carboxylic acids is 1. The van der Waals surface area contributed by atoms with E-state index in [0.29, 0.717) is 0 Å². The van der Waals surface area contributed by atoms with Crippen LogP contribution in [0.3, 0.4) is 0 Å². The van der Waals surface area contributed by atoms with Gasteiger partial charge in [-0.15, -0.1) is 0 Å². The number of carboxylic acids is 1. The van der Waals surface area contributed by atoms with E-state index in [1.165, 1.54) is 13.8 Å². The molecular weight excluding hydrogens is 226 g/mol. The van der Waals surface area contributed by atoms with Crippen LogP contribution in [0.5, 0.6) is 0 Å². The molecule has 6 heteroatoms. The highest BCUT2D eigenvalue weighted by Crippen LogP contribution is 2.13. The number of ketones is 1. The van der Waals surface area contributed by atoms with Gasteiger partial charge in [-0.3, -0.25) is 14.4 Å². The van der Waals surface area contributed by atoms with Gasteiger partial charge in [0.15, 0.2) is 5.78 Å². The van der Waals surface area contributed by atoms with Gasteiger partial charge in [0.25, 0.3) is 0 Å². The second-order valence-electron chi connectivity index (χ2n) is 4.16. The van der Waals surface area contributed by atoms with Crippen LogP contribution < -0.4 is 5.32 Å². The predicted octanol–water partition coefficient (Wildman–Crippen LogP) is -0.281. The van der Waals surface area contributed by atoms with Crippen LogP contribution in [-0.2, 0) is 14.4 Å². The van der Waals surface area contributed by atoms with E-state index in [9.17, 15) is 14.4 Å². The van der Waals surface area contributed by atoms with E-state index in [-0.39, 0.29) is 6.42 Å². The Balaban J connectivity index is 4.62. The summed E-state index contributed by atoms with van der Waals surface area (Å²) in [4.78, 5) is 33.5. The van der Waals surface area contributed by atoms with E-state index in [0.717, 1.165) is 6.08 Å². The van der Waals surface area contributed by atoms with Gasteiger partial charge in [-0.25, -0.2) is 0 Å². The van der Waals surface area contributed by atoms with Gasteiger partial charge in [0.05, 0.1) is 18.1 Å². The number of carbonyl (C=O) groups is 3. The third-order valence-electron chi connectivity index (χ3n) is 2.32. The molecule has 0 rings (SSSR count). The lowest BCUT2D eigenvalue weighted by Gasteiger charge is -2.25. The molecule has 0 aromatic rings. The Bertz CT molecular complexity index is 335. The zero-order valence-electron chi connectivity index (χ0n) is 9.90. The van der Waals surface area contributed by atoms with Crippen LogP contribution in [0.15, 0.2) is 12.7 Å². The summed E-state index contributed by atoms with van der Waals surface area (Å²) < 4.78 is 0. The van der Waals surface area contributed by atoms with Crippen molar-refractivity contribution < 1.29 is 24.6 Å². The van der Waals surface area contributed by atoms with E-state index in [1.807, 2.05) is 0 Å². The smallest absolute Gasteiger partial charge is 0.309 e. The number of hydrogen-bond donors (Lipinski definition) is 3. The van der Waals surface area contributed by atoms with Gasteiger partial charge in [-0.05, 0) is 19.9 Å². The van der Waals surface area contributed by atoms with Crippen molar-refractivity contribution in [2.75, 3.05) is 6.61 Å². The summed E-state index contributed by atoms with van der Waals surface area (Å²) in [5.74, 6) is -3.37. The lowest BCUT2D eigenvalue weighted by atomic mass is 9.91. The predicted molar refractivity (Wildman–Crippen MR) is 60.3 cm³/mol. The Morgan fingerprint density at radius 1 is 1.41 bits per heavy atom. The zero-order valence-corrected chi connectivity index (χ0v) is 9.90. The molecule has 17 heavy (non-hydrogen) atoms. The Labute approximate surface area is 99.3 Å². The van der Waals surface area contributed by atoms with Crippen LogP contribution in [0.1, 0.15) is 20.3 Å². The first-order chi connectivity index (χ1) is 7.74. The molecule has 0 heterocycles. The van der Waals surface area contributed by atoms with Crippen LogP contribution >= 0.6 is 0 Å². The molecular formula is C11H17NO5. The van der Waals surface area contributed by atoms with Crippen molar-refractivity contribution in [1.82, 2.24) is 5.32 Å². The summed E-state index contributed by atoms with van der Waals surface area (Å²) in [6.45, 7) is 5.56. The molecule has 0 spiro atoms. The second kappa shape index (κ2) is 6.15. The van der Waals surface area contributed by atoms with Crippen molar-refractivity contribution in [1.29, 1.82) is 0 Å². The van der Waals surface area contributed by atoms with Gasteiger partial charge < -0.3 is 15.5 Å². The molecule has 0 radical (unpaired) electrons. The maximum atomic E-state index is 11.8. The Kier molecular flexibility index (Phi) is 5.53. The highest BCUT2D eigenvalue weighted by Gasteiger charge is 2.32. The molecule has 0 fully saturated rings. The van der Waals surface area contributed by atoms with Gasteiger partial charge in [0, 0.05) is 6.42 Å². The number of nitrogens with one attached hydrogen (secondary N) is 1. The lowest BCUT2D eigenvalue weighted by Crippen LogP contribution is -2.50. The van der Waals surface area contributed by atoms with Crippen molar-refractivity contribution in [3.63, 3.8) is 0 Å². The molecule has 0 aliphatic heterocycles. The third kappa shape index (κ3) is 4.78. The Hall–Kier alpha value is -1.69. The van der Waals surface area contributed by atoms with Crippen molar-refractivity contribution >= 4 is 17.7 Å². The fourth-order valence-electron chi connectivity index (χ4n) is 1.14. The molecule has 0 aliphatic rings. The maximum absolute atomic E-state index is 11.8. The van der Waals surface area contributed by atoms with Gasteiger partial charge in [0.1, 0.15) is 0 Å². The molecule has 1 unspecified atom stereocenters. The normalized spacial score (nSPS) is 12.6. The first-order valence-corrected chi connectivity index (χ1v) is 5.06. The van der Waals surface area contributed by atoms with Crippen molar-refractivity contribution in [2.45, 2.75) is 25.8 Å². The second-order valence-corrected chi connectivity index (χ2v) is 4.16. The first-order valence-electron chi connectivity index (χ1n) is 5.06. The number of aliphatic hydroxyl groups excluding tert-OH is 1. The summed E-state index contributed by atoms with van der Waals surface area (Å²) in [6.07, 6.45) is 0.687. The van der Waals surface area contributed by atoms with Crippen molar-refractivity contribution in [3.05, 3.63) is 12.7 Å². The molecule has 0 bridgehead atoms. The van der Waals surface area contributed by atoms with Crippen molar-refractivity contribution in [3.8, 4) is 0 Å². The van der Waals surface area contributed by atoms with Crippen LogP contribution in [-0.4, -0.2) is 40.0 Å². The summed E-state index contributed by atoms with van der Waals surface area (Å²) in [7, 11) is 0. The van der Waals surface area contributed by atoms with Crippen LogP contribution in [0.4, 0.5) is 0 Å². The summed E-state index contributed by atoms with van der Waals surface area (Å²) in [5, 5.41) is 19.9. The monoisotopic (exact) mass is 243 g/mol. The lowest BCUT2D eigenvalue weighted by molar-refractivity contribution is -0.146. The molecule has 3 N–H and O–H groups in total. The molecule has 0 saturated heterocycles. The highest BCUT2D eigenvalue weighted by molar-refractivity contribution is 5.96. The molecule has 1 amide bonds. The van der Waals surface area contributed by atoms with Gasteiger partial charge in [-0.2, -0.15) is 0 Å². The van der Waals surface area contributed by atoms with E-state index < -0.39 is 35.7 Å². The number of hydrogen-bond acceptors (Lipinski definition) is 4. The number of amides is 1. The minimum atomic E-state index is -1.24. The van der Waals surface area contributed by atoms with E-state index in [2.05, 4.69) is 11.9 Å². The maximum Gasteiger partial charge on any atom is 0.309 e. The molecule has 0 aliphatic carbocycles. The molecule has 0 aromatic heterocycles. The van der Waals surface area contributed by atoms with Gasteiger partial charge in [0.2, 0.25) is 5.91 Å². The number of carboxylic acid groups (broad SMARTS) is 1. The third-order valence-corrected chi connectivity index (χ3v) is 2.32. The average Bonchev–Trinajstić information content (AvgIpc) is 2.23. The van der Waals surface area contributed by atoms with Crippen LogP contribution in [0.25, 0.3) is 0 Å². The van der Waals surface area contributed by atoms with E-state index in [4.69, 9.17) is 10.2 Å². The summed E-state index contributed by atoms with van der Waals surface area (Å²) >= 11 is 0. The fourth-order valence-corrected chi connectivity index (χ4v) is 1.14. The SMILES string of the molecule is C=CC(=O)NC(C)(C)C(=O)CC(CO)C(=O)O. The van der Waals surface area contributed by atoms with Crippen LogP contribution in [0.2, 0.25) is 0 Å². The van der Waals surface area contributed by atoms with E-state index >= 15 is 0 Å². The van der Waals surface area contributed by atoms with Gasteiger partial charge in [-0.1, -0.05) is 6.58 Å². The average molecular weight is 243 g/mol. The number of aliphatic hydroxyl groups is 1. The van der Waals surface area contributed by atoms with E-state index in [1.54, 1.807) is 0 Å². The molecule has 0 saturated carbocycles. The molecule has 6 nitrogen and oxygen atoms in total. The zero-order chi connectivity index (χ0) is 13.6. The number of Topliss-reactive ketones (excluding diaryl/α,β-unsaturated/α-hetero) is 1. The number of rotatable bonds is 7. The summed E-state index contributed by atoms with van der Waals surface area (Å²) in [6, 6.07) is 0. The van der Waals surface area contributed by atoms with Crippen molar-refractivity contribution in [2.24, 2.45) is 5.92 Å². The first kappa shape index (κ1) is 15.3. The topological polar surface area (TPSA) is 104 Å². The molecule has 0 aromatic carbocycles. The fraction of sp³-hybridized carbons (Fsp3) is 0.545. The summed E-state index contributed by atoms with van der Waals surface area (Å²) in [5.41, 5.74) is -1.19.